The zero-order chi connectivity index (χ0) is 18.0. The normalized spacial score (nSPS) is 16.2. The van der Waals surface area contributed by atoms with E-state index in [0.717, 1.165) is 15.7 Å². The van der Waals surface area contributed by atoms with Crippen LogP contribution in [0.4, 0.5) is 5.69 Å². The van der Waals surface area contributed by atoms with E-state index in [1.807, 2.05) is 35.1 Å². The Morgan fingerprint density at radius 1 is 1.20 bits per heavy atom. The number of carbonyl (C=O) groups is 2. The summed E-state index contributed by atoms with van der Waals surface area (Å²) in [5.74, 6) is -2.67. The lowest BCUT2D eigenvalue weighted by molar-refractivity contribution is -0.222. The van der Waals surface area contributed by atoms with Crippen LogP contribution in [0.25, 0.3) is 0 Å². The van der Waals surface area contributed by atoms with Crippen molar-refractivity contribution in [3.05, 3.63) is 58.5 Å². The molecule has 1 aromatic carbocycles. The molecule has 0 bridgehead atoms. The molecule has 0 atom stereocenters. The third-order valence-corrected chi connectivity index (χ3v) is 3.81. The summed E-state index contributed by atoms with van der Waals surface area (Å²) >= 11 is 3.36. The molecule has 0 radical (unpaired) electrons. The lowest BCUT2D eigenvalue weighted by atomic mass is 10.2. The van der Waals surface area contributed by atoms with Crippen LogP contribution in [0, 0.1) is 0 Å². The van der Waals surface area contributed by atoms with Gasteiger partial charge in [-0.1, -0.05) is 12.1 Å². The molecule has 130 valence electrons. The van der Waals surface area contributed by atoms with Gasteiger partial charge in [0.1, 0.15) is 0 Å². The molecule has 2 heterocycles. The molecule has 0 amide bonds. The van der Waals surface area contributed by atoms with E-state index in [2.05, 4.69) is 26.3 Å². The second-order valence-corrected chi connectivity index (χ2v) is 6.85. The maximum atomic E-state index is 11.9. The third kappa shape index (κ3) is 4.27. The van der Waals surface area contributed by atoms with Crippen molar-refractivity contribution in [3.63, 3.8) is 0 Å². The van der Waals surface area contributed by atoms with Gasteiger partial charge in [0, 0.05) is 31.9 Å². The molecule has 1 fully saturated rings. The number of cyclic esters (lactones) is 2. The number of hydrogen-bond acceptors (Lipinski definition) is 6. The van der Waals surface area contributed by atoms with E-state index < -0.39 is 17.7 Å². The zero-order valence-corrected chi connectivity index (χ0v) is 15.2. The van der Waals surface area contributed by atoms with Gasteiger partial charge >= 0.3 is 11.9 Å². The molecule has 0 aliphatic carbocycles. The highest BCUT2D eigenvalue weighted by molar-refractivity contribution is 9.10. The first-order valence-corrected chi connectivity index (χ1v) is 8.32. The summed E-state index contributed by atoms with van der Waals surface area (Å²) in [6, 6.07) is 7.54. The van der Waals surface area contributed by atoms with Gasteiger partial charge < -0.3 is 14.8 Å². The Morgan fingerprint density at radius 3 is 2.40 bits per heavy atom. The fourth-order valence-electron chi connectivity index (χ4n) is 2.25. The number of aromatic nitrogens is 2. The minimum absolute atomic E-state index is 0.176. The van der Waals surface area contributed by atoms with Crippen molar-refractivity contribution in [1.29, 1.82) is 0 Å². The third-order valence-electron chi connectivity index (χ3n) is 3.40. The Balaban J connectivity index is 1.65. The first kappa shape index (κ1) is 17.2. The molecule has 0 unspecified atom stereocenters. The molecule has 0 spiro atoms. The van der Waals surface area contributed by atoms with Crippen LogP contribution in [-0.4, -0.2) is 27.5 Å². The van der Waals surface area contributed by atoms with Crippen LogP contribution in [0.5, 0.6) is 0 Å². The van der Waals surface area contributed by atoms with Gasteiger partial charge in [0.15, 0.2) is 5.57 Å². The van der Waals surface area contributed by atoms with Crippen molar-refractivity contribution >= 4 is 33.6 Å². The van der Waals surface area contributed by atoms with E-state index in [9.17, 15) is 9.59 Å². The summed E-state index contributed by atoms with van der Waals surface area (Å²) in [5.41, 5.74) is 1.61. The topological polar surface area (TPSA) is 82.5 Å². The first-order valence-electron chi connectivity index (χ1n) is 7.53. The quantitative estimate of drug-likeness (QED) is 0.478. The van der Waals surface area contributed by atoms with Gasteiger partial charge in [0.2, 0.25) is 0 Å². The van der Waals surface area contributed by atoms with E-state index in [-0.39, 0.29) is 5.57 Å². The number of nitrogens with one attached hydrogen (secondary N) is 1. The zero-order valence-electron chi connectivity index (χ0n) is 13.7. The monoisotopic (exact) mass is 405 g/mol. The Labute approximate surface area is 152 Å². The van der Waals surface area contributed by atoms with Crippen molar-refractivity contribution in [3.8, 4) is 0 Å². The van der Waals surface area contributed by atoms with E-state index in [1.54, 1.807) is 6.20 Å². The van der Waals surface area contributed by atoms with Crippen molar-refractivity contribution in [2.45, 2.75) is 26.2 Å². The Hall–Kier alpha value is -2.61. The number of anilines is 1. The second-order valence-electron chi connectivity index (χ2n) is 5.93. The molecule has 25 heavy (non-hydrogen) atoms. The number of ether oxygens (including phenoxy) is 2. The lowest BCUT2D eigenvalue weighted by Crippen LogP contribution is -2.42. The summed E-state index contributed by atoms with van der Waals surface area (Å²) in [6.07, 6.45) is 4.91. The summed E-state index contributed by atoms with van der Waals surface area (Å²) in [5, 5.41) is 7.11. The van der Waals surface area contributed by atoms with E-state index in [0.29, 0.717) is 6.54 Å². The molecule has 1 aliphatic rings. The van der Waals surface area contributed by atoms with Gasteiger partial charge in [-0.2, -0.15) is 5.10 Å². The Kier molecular flexibility index (Phi) is 4.63. The van der Waals surface area contributed by atoms with Crippen LogP contribution in [0.3, 0.4) is 0 Å². The fraction of sp³-hybridized carbons (Fsp3) is 0.235. The number of rotatable bonds is 4. The SMILES string of the molecule is CC1(C)OC(=O)C(=CNc2ccc(Cn3cc(Br)cn3)cc2)C(=O)O1. The highest BCUT2D eigenvalue weighted by atomic mass is 79.9. The van der Waals surface area contributed by atoms with E-state index >= 15 is 0 Å². The van der Waals surface area contributed by atoms with Crippen LogP contribution < -0.4 is 5.32 Å². The number of halogens is 1. The molecule has 3 rings (SSSR count). The molecule has 1 aliphatic heterocycles. The fourth-order valence-corrected chi connectivity index (χ4v) is 2.58. The lowest BCUT2D eigenvalue weighted by Gasteiger charge is -2.29. The van der Waals surface area contributed by atoms with Gasteiger partial charge in [-0.3, -0.25) is 4.68 Å². The summed E-state index contributed by atoms with van der Waals surface area (Å²) < 4.78 is 12.8. The number of esters is 2. The molecular formula is C17H16BrN3O4. The maximum Gasteiger partial charge on any atom is 0.350 e. The average molecular weight is 406 g/mol. The van der Waals surface area contributed by atoms with Gasteiger partial charge in [0.25, 0.3) is 5.79 Å². The van der Waals surface area contributed by atoms with Gasteiger partial charge in [-0.15, -0.1) is 0 Å². The van der Waals surface area contributed by atoms with Gasteiger partial charge in [0.05, 0.1) is 17.2 Å². The molecule has 2 aromatic rings. The number of hydrogen-bond donors (Lipinski definition) is 1. The van der Waals surface area contributed by atoms with Crippen molar-refractivity contribution in [2.24, 2.45) is 0 Å². The molecule has 1 aromatic heterocycles. The average Bonchev–Trinajstić information content (AvgIpc) is 2.92. The minimum Gasteiger partial charge on any atom is -0.419 e. The van der Waals surface area contributed by atoms with E-state index in [1.165, 1.54) is 20.0 Å². The summed E-state index contributed by atoms with van der Waals surface area (Å²) in [6.45, 7) is 3.65. The highest BCUT2D eigenvalue weighted by Gasteiger charge is 2.38. The van der Waals surface area contributed by atoms with Crippen LogP contribution in [0.15, 0.2) is 52.9 Å². The number of carbonyl (C=O) groups excluding carboxylic acids is 2. The van der Waals surface area contributed by atoms with Crippen molar-refractivity contribution in [2.75, 3.05) is 5.32 Å². The van der Waals surface area contributed by atoms with Crippen LogP contribution in [0.2, 0.25) is 0 Å². The Morgan fingerprint density at radius 2 is 1.84 bits per heavy atom. The van der Waals surface area contributed by atoms with Crippen LogP contribution in [0.1, 0.15) is 19.4 Å². The molecule has 1 saturated heterocycles. The standard InChI is InChI=1S/C17H16BrN3O4/c1-17(2)24-15(22)14(16(23)25-17)8-19-13-5-3-11(4-6-13)9-21-10-12(18)7-20-21/h3-8,10,19H,9H2,1-2H3. The summed E-state index contributed by atoms with van der Waals surface area (Å²) in [7, 11) is 0. The highest BCUT2D eigenvalue weighted by Crippen LogP contribution is 2.22. The molecule has 8 heteroatoms. The van der Waals surface area contributed by atoms with Crippen molar-refractivity contribution < 1.29 is 19.1 Å². The van der Waals surface area contributed by atoms with Crippen LogP contribution in [-0.2, 0) is 25.6 Å². The van der Waals surface area contributed by atoms with Gasteiger partial charge in [-0.25, -0.2) is 9.59 Å². The molecule has 7 nitrogen and oxygen atoms in total. The predicted molar refractivity (Wildman–Crippen MR) is 93.4 cm³/mol. The molecular weight excluding hydrogens is 390 g/mol. The Bertz CT molecular complexity index is 818. The minimum atomic E-state index is -1.24. The largest absolute Gasteiger partial charge is 0.419 e. The predicted octanol–water partition coefficient (Wildman–Crippen LogP) is 2.83. The molecule has 0 saturated carbocycles. The number of nitrogens with zero attached hydrogens (tertiary/aromatic N) is 2. The van der Waals surface area contributed by atoms with E-state index in [4.69, 9.17) is 9.47 Å². The number of benzene rings is 1. The smallest absolute Gasteiger partial charge is 0.350 e. The van der Waals surface area contributed by atoms with Crippen molar-refractivity contribution in [1.82, 2.24) is 9.78 Å². The van der Waals surface area contributed by atoms with Crippen LogP contribution >= 0.6 is 15.9 Å². The summed E-state index contributed by atoms with van der Waals surface area (Å²) in [4.78, 5) is 23.7. The second kappa shape index (κ2) is 6.72. The molecule has 1 N–H and O–H groups in total. The maximum absolute atomic E-state index is 11.9. The van der Waals surface area contributed by atoms with Gasteiger partial charge in [-0.05, 0) is 33.6 Å². The first-order chi connectivity index (χ1) is 11.8.